The molecular formula is C14H16Br2O4. The number of ether oxygens (including phenoxy) is 2. The van der Waals surface area contributed by atoms with Crippen LogP contribution < -0.4 is 0 Å². The minimum Gasteiger partial charge on any atom is -0.462 e. The summed E-state index contributed by atoms with van der Waals surface area (Å²) < 4.78 is 11.5. The van der Waals surface area contributed by atoms with Gasteiger partial charge >= 0.3 is 11.9 Å². The van der Waals surface area contributed by atoms with E-state index in [1.54, 1.807) is 19.1 Å². The van der Waals surface area contributed by atoms with Gasteiger partial charge in [0.25, 0.3) is 0 Å². The molecule has 0 bridgehead atoms. The third-order valence-electron chi connectivity index (χ3n) is 2.32. The monoisotopic (exact) mass is 406 g/mol. The van der Waals surface area contributed by atoms with Gasteiger partial charge in [0.15, 0.2) is 0 Å². The number of benzene rings is 1. The first-order valence-corrected chi connectivity index (χ1v) is 7.78. The van der Waals surface area contributed by atoms with Gasteiger partial charge in [0.1, 0.15) is 0 Å². The van der Waals surface area contributed by atoms with E-state index in [4.69, 9.17) is 9.47 Å². The molecule has 1 aromatic carbocycles. The molecule has 0 aliphatic rings. The number of carbonyl (C=O) groups is 2. The van der Waals surface area contributed by atoms with Crippen LogP contribution in [0.5, 0.6) is 0 Å². The summed E-state index contributed by atoms with van der Waals surface area (Å²) in [4.78, 5) is 24.0. The Morgan fingerprint density at radius 1 is 1.05 bits per heavy atom. The van der Waals surface area contributed by atoms with Gasteiger partial charge in [-0.2, -0.15) is 0 Å². The van der Waals surface area contributed by atoms with E-state index >= 15 is 0 Å². The Hall–Kier alpha value is -0.880. The summed E-state index contributed by atoms with van der Waals surface area (Å²) in [6.45, 7) is 6.14. The molecule has 0 unspecified atom stereocenters. The van der Waals surface area contributed by atoms with Gasteiger partial charge in [-0.1, -0.05) is 13.8 Å². The van der Waals surface area contributed by atoms with Crippen molar-refractivity contribution in [3.63, 3.8) is 0 Å². The molecule has 0 N–H and O–H groups in total. The van der Waals surface area contributed by atoms with Crippen LogP contribution in [0.1, 0.15) is 41.5 Å². The summed E-state index contributed by atoms with van der Waals surface area (Å²) in [5.74, 6) is -0.851. The molecule has 1 aromatic rings. The zero-order valence-electron chi connectivity index (χ0n) is 11.5. The predicted octanol–water partition coefficient (Wildman–Crippen LogP) is 4.20. The molecule has 0 amide bonds. The van der Waals surface area contributed by atoms with Gasteiger partial charge in [0.2, 0.25) is 0 Å². The molecule has 0 aliphatic heterocycles. The second kappa shape index (κ2) is 7.78. The van der Waals surface area contributed by atoms with Crippen LogP contribution in [0.25, 0.3) is 0 Å². The highest BCUT2D eigenvalue weighted by Crippen LogP contribution is 2.28. The van der Waals surface area contributed by atoms with Crippen molar-refractivity contribution in [1.29, 1.82) is 0 Å². The van der Waals surface area contributed by atoms with E-state index in [0.717, 1.165) is 0 Å². The lowest BCUT2D eigenvalue weighted by Crippen LogP contribution is -2.16. The Bertz CT molecular complexity index is 512. The second-order valence-corrected chi connectivity index (χ2v) is 6.23. The Labute approximate surface area is 135 Å². The molecule has 20 heavy (non-hydrogen) atoms. The van der Waals surface area contributed by atoms with Gasteiger partial charge in [0, 0.05) is 8.95 Å². The van der Waals surface area contributed by atoms with Crippen LogP contribution in [0.4, 0.5) is 0 Å². The van der Waals surface area contributed by atoms with Gasteiger partial charge in [-0.25, -0.2) is 9.59 Å². The molecule has 0 spiro atoms. The maximum absolute atomic E-state index is 12.1. The first-order valence-electron chi connectivity index (χ1n) is 6.20. The van der Waals surface area contributed by atoms with Gasteiger partial charge < -0.3 is 9.47 Å². The van der Waals surface area contributed by atoms with Crippen LogP contribution in [0.2, 0.25) is 0 Å². The maximum Gasteiger partial charge on any atom is 0.339 e. The van der Waals surface area contributed by atoms with Crippen molar-refractivity contribution >= 4 is 43.8 Å². The molecule has 0 saturated carbocycles. The number of hydrogen-bond donors (Lipinski definition) is 0. The third kappa shape index (κ3) is 4.59. The molecule has 0 heterocycles. The average molecular weight is 408 g/mol. The fraction of sp³-hybridized carbons (Fsp3) is 0.429. The Morgan fingerprint density at radius 2 is 1.50 bits per heavy atom. The summed E-state index contributed by atoms with van der Waals surface area (Å²) in [5.41, 5.74) is 0.384. The molecule has 0 fully saturated rings. The second-order valence-electron chi connectivity index (χ2n) is 4.52. The van der Waals surface area contributed by atoms with E-state index in [1.807, 2.05) is 13.8 Å². The summed E-state index contributed by atoms with van der Waals surface area (Å²) in [5, 5.41) is 0. The lowest BCUT2D eigenvalue weighted by molar-refractivity contribution is 0.0434. The number of halogens is 2. The van der Waals surface area contributed by atoms with E-state index in [0.29, 0.717) is 15.6 Å². The number of carbonyl (C=O) groups excluding carboxylic acids is 2. The van der Waals surface area contributed by atoms with E-state index < -0.39 is 11.9 Å². The molecule has 6 heteroatoms. The van der Waals surface area contributed by atoms with Crippen molar-refractivity contribution in [2.24, 2.45) is 5.92 Å². The van der Waals surface area contributed by atoms with Crippen LogP contribution in [0, 0.1) is 5.92 Å². The minimum absolute atomic E-state index is 0.190. The topological polar surface area (TPSA) is 52.6 Å². The van der Waals surface area contributed by atoms with Crippen LogP contribution >= 0.6 is 31.9 Å². The quantitative estimate of drug-likeness (QED) is 0.686. The SMILES string of the molecule is CCOC(=O)c1cc(Br)c(Br)cc1C(=O)OCC(C)C. The first-order chi connectivity index (χ1) is 9.36. The standard InChI is InChI=1S/C14H16Br2O4/c1-4-19-13(17)9-5-11(15)12(16)6-10(9)14(18)20-7-8(2)3/h5-6,8H,4,7H2,1-3H3. The van der Waals surface area contributed by atoms with Crippen molar-refractivity contribution in [3.05, 3.63) is 32.2 Å². The van der Waals surface area contributed by atoms with Crippen LogP contribution in [-0.4, -0.2) is 25.2 Å². The smallest absolute Gasteiger partial charge is 0.339 e. The zero-order valence-corrected chi connectivity index (χ0v) is 14.7. The highest BCUT2D eigenvalue weighted by atomic mass is 79.9. The Kier molecular flexibility index (Phi) is 6.68. The average Bonchev–Trinajstić information content (AvgIpc) is 2.38. The summed E-state index contributed by atoms with van der Waals surface area (Å²) in [7, 11) is 0. The van der Waals surface area contributed by atoms with Gasteiger partial charge in [-0.05, 0) is 56.8 Å². The summed E-state index contributed by atoms with van der Waals surface area (Å²) in [6.07, 6.45) is 0. The molecular weight excluding hydrogens is 392 g/mol. The lowest BCUT2D eigenvalue weighted by Gasteiger charge is -2.12. The fourth-order valence-electron chi connectivity index (χ4n) is 1.41. The highest BCUT2D eigenvalue weighted by Gasteiger charge is 2.21. The molecule has 110 valence electrons. The van der Waals surface area contributed by atoms with Gasteiger partial charge in [-0.15, -0.1) is 0 Å². The molecule has 0 atom stereocenters. The van der Waals surface area contributed by atoms with Crippen molar-refractivity contribution in [2.75, 3.05) is 13.2 Å². The zero-order chi connectivity index (χ0) is 15.3. The number of rotatable bonds is 5. The molecule has 0 saturated heterocycles. The Balaban J connectivity index is 3.12. The normalized spacial score (nSPS) is 10.5. The van der Waals surface area contributed by atoms with E-state index in [9.17, 15) is 9.59 Å². The summed E-state index contributed by atoms with van der Waals surface area (Å²) in [6, 6.07) is 3.10. The highest BCUT2D eigenvalue weighted by molar-refractivity contribution is 9.13. The Morgan fingerprint density at radius 3 is 1.90 bits per heavy atom. The molecule has 0 aromatic heterocycles. The molecule has 0 radical (unpaired) electrons. The van der Waals surface area contributed by atoms with Crippen molar-refractivity contribution in [3.8, 4) is 0 Å². The van der Waals surface area contributed by atoms with Gasteiger partial charge in [-0.3, -0.25) is 0 Å². The molecule has 1 rings (SSSR count). The minimum atomic E-state index is -0.544. The molecule has 4 nitrogen and oxygen atoms in total. The van der Waals surface area contributed by atoms with E-state index in [1.165, 1.54) is 0 Å². The maximum atomic E-state index is 12.1. The van der Waals surface area contributed by atoms with Gasteiger partial charge in [0.05, 0.1) is 24.3 Å². The van der Waals surface area contributed by atoms with E-state index in [2.05, 4.69) is 31.9 Å². The van der Waals surface area contributed by atoms with Crippen LogP contribution in [-0.2, 0) is 9.47 Å². The van der Waals surface area contributed by atoms with Crippen molar-refractivity contribution in [1.82, 2.24) is 0 Å². The number of hydrogen-bond acceptors (Lipinski definition) is 4. The van der Waals surface area contributed by atoms with Crippen molar-refractivity contribution < 1.29 is 19.1 Å². The largest absolute Gasteiger partial charge is 0.462 e. The van der Waals surface area contributed by atoms with E-state index in [-0.39, 0.29) is 23.7 Å². The first kappa shape index (κ1) is 17.2. The molecule has 0 aliphatic carbocycles. The lowest BCUT2D eigenvalue weighted by atomic mass is 10.1. The summed E-state index contributed by atoms with van der Waals surface area (Å²) >= 11 is 6.61. The fourth-order valence-corrected chi connectivity index (χ4v) is 2.10. The number of esters is 2. The predicted molar refractivity (Wildman–Crippen MR) is 82.9 cm³/mol. The van der Waals surface area contributed by atoms with Crippen LogP contribution in [0.3, 0.4) is 0 Å². The third-order valence-corrected chi connectivity index (χ3v) is 4.17. The van der Waals surface area contributed by atoms with Crippen molar-refractivity contribution in [2.45, 2.75) is 20.8 Å². The van der Waals surface area contributed by atoms with Crippen LogP contribution in [0.15, 0.2) is 21.1 Å².